The van der Waals surface area contributed by atoms with Crippen LogP contribution in [-0.2, 0) is 16.1 Å². The van der Waals surface area contributed by atoms with E-state index in [0.717, 1.165) is 51.4 Å². The number of carbonyl (C=O) groups is 2. The molecule has 6 heteroatoms. The third-order valence-electron chi connectivity index (χ3n) is 5.80. The van der Waals surface area contributed by atoms with E-state index in [-0.39, 0.29) is 18.4 Å². The van der Waals surface area contributed by atoms with Crippen LogP contribution in [0.3, 0.4) is 0 Å². The third kappa shape index (κ3) is 5.00. The van der Waals surface area contributed by atoms with Gasteiger partial charge in [0.15, 0.2) is 6.61 Å². The number of piperazine rings is 1. The molecule has 0 aliphatic carbocycles. The second kappa shape index (κ2) is 9.30. The summed E-state index contributed by atoms with van der Waals surface area (Å²) in [5, 5.41) is 0. The lowest BCUT2D eigenvalue weighted by Crippen LogP contribution is -2.49. The number of nitrogens with zero attached hydrogens (tertiary/aromatic N) is 3. The normalized spacial score (nSPS) is 17.4. The van der Waals surface area contributed by atoms with Crippen LogP contribution in [0.5, 0.6) is 5.75 Å². The minimum Gasteiger partial charge on any atom is -0.484 e. The molecule has 2 saturated heterocycles. The van der Waals surface area contributed by atoms with Gasteiger partial charge in [0.05, 0.1) is 0 Å². The number of benzene rings is 2. The molecule has 0 bridgehead atoms. The Morgan fingerprint density at radius 1 is 1.00 bits per heavy atom. The minimum absolute atomic E-state index is 0.0176. The molecule has 0 unspecified atom stereocenters. The van der Waals surface area contributed by atoms with Gasteiger partial charge < -0.3 is 14.5 Å². The minimum atomic E-state index is 0.0176. The molecule has 4 rings (SSSR count). The predicted octanol–water partition coefficient (Wildman–Crippen LogP) is 2.85. The second-order valence-electron chi connectivity index (χ2n) is 8.08. The van der Waals surface area contributed by atoms with Crippen molar-refractivity contribution in [2.75, 3.05) is 44.2 Å². The van der Waals surface area contributed by atoms with E-state index in [1.807, 2.05) is 29.2 Å². The summed E-state index contributed by atoms with van der Waals surface area (Å²) in [6, 6.07) is 16.0. The molecule has 0 N–H and O–H groups in total. The van der Waals surface area contributed by atoms with Gasteiger partial charge in [-0.15, -0.1) is 0 Å². The van der Waals surface area contributed by atoms with Crippen LogP contribution < -0.4 is 9.64 Å². The lowest BCUT2D eigenvalue weighted by atomic mass is 10.1. The highest BCUT2D eigenvalue weighted by Gasteiger charge is 2.23. The van der Waals surface area contributed by atoms with Gasteiger partial charge in [0, 0.05) is 51.4 Å². The smallest absolute Gasteiger partial charge is 0.260 e. The number of anilines is 1. The van der Waals surface area contributed by atoms with E-state index in [4.69, 9.17) is 4.74 Å². The maximum atomic E-state index is 12.5. The maximum Gasteiger partial charge on any atom is 0.260 e. The predicted molar refractivity (Wildman–Crippen MR) is 117 cm³/mol. The lowest BCUT2D eigenvalue weighted by molar-refractivity contribution is -0.135. The van der Waals surface area contributed by atoms with Gasteiger partial charge in [0.25, 0.3) is 5.91 Å². The van der Waals surface area contributed by atoms with Crippen LogP contribution in [0.2, 0.25) is 0 Å². The molecule has 2 aliphatic rings. The molecule has 0 saturated carbocycles. The van der Waals surface area contributed by atoms with Gasteiger partial charge in [0.1, 0.15) is 5.75 Å². The molecule has 0 spiro atoms. The van der Waals surface area contributed by atoms with E-state index >= 15 is 0 Å². The van der Waals surface area contributed by atoms with E-state index in [1.165, 1.54) is 11.1 Å². The van der Waals surface area contributed by atoms with Crippen molar-refractivity contribution in [3.63, 3.8) is 0 Å². The number of hydrogen-bond donors (Lipinski definition) is 0. The molecule has 0 aromatic heterocycles. The first-order valence-electron chi connectivity index (χ1n) is 10.7. The van der Waals surface area contributed by atoms with Crippen molar-refractivity contribution in [3.8, 4) is 5.75 Å². The average molecular weight is 408 g/mol. The van der Waals surface area contributed by atoms with E-state index in [1.54, 1.807) is 4.90 Å². The molecule has 2 aromatic rings. The fourth-order valence-corrected chi connectivity index (χ4v) is 4.10. The Morgan fingerprint density at radius 3 is 2.43 bits per heavy atom. The first-order valence-corrected chi connectivity index (χ1v) is 10.7. The molecule has 0 radical (unpaired) electrons. The fraction of sp³-hybridized carbons (Fsp3) is 0.417. The quantitative estimate of drug-likeness (QED) is 0.739. The van der Waals surface area contributed by atoms with Crippen molar-refractivity contribution in [1.82, 2.24) is 9.80 Å². The van der Waals surface area contributed by atoms with Crippen molar-refractivity contribution in [3.05, 3.63) is 59.7 Å². The summed E-state index contributed by atoms with van der Waals surface area (Å²) in [6.45, 7) is 7.05. The summed E-state index contributed by atoms with van der Waals surface area (Å²) in [5.41, 5.74) is 3.48. The second-order valence-corrected chi connectivity index (χ2v) is 8.08. The van der Waals surface area contributed by atoms with Gasteiger partial charge in [0.2, 0.25) is 5.91 Å². The molecule has 2 heterocycles. The van der Waals surface area contributed by atoms with Crippen molar-refractivity contribution < 1.29 is 14.3 Å². The summed E-state index contributed by atoms with van der Waals surface area (Å²) in [7, 11) is 0. The van der Waals surface area contributed by atoms with Gasteiger partial charge in [-0.2, -0.15) is 0 Å². The van der Waals surface area contributed by atoms with Crippen LogP contribution >= 0.6 is 0 Å². The Morgan fingerprint density at radius 2 is 1.77 bits per heavy atom. The van der Waals surface area contributed by atoms with Crippen LogP contribution in [0.15, 0.2) is 48.5 Å². The summed E-state index contributed by atoms with van der Waals surface area (Å²) in [6.07, 6.45) is 1.52. The third-order valence-corrected chi connectivity index (χ3v) is 5.80. The first-order chi connectivity index (χ1) is 14.6. The Labute approximate surface area is 178 Å². The Balaban J connectivity index is 1.22. The molecule has 0 atom stereocenters. The maximum absolute atomic E-state index is 12.5. The number of carbonyl (C=O) groups excluding carboxylic acids is 2. The topological polar surface area (TPSA) is 53.1 Å². The van der Waals surface area contributed by atoms with Gasteiger partial charge in [-0.25, -0.2) is 0 Å². The molecule has 158 valence electrons. The Hall–Kier alpha value is -2.86. The number of rotatable bonds is 6. The molecule has 2 fully saturated rings. The fourth-order valence-electron chi connectivity index (χ4n) is 4.10. The van der Waals surface area contributed by atoms with Crippen LogP contribution in [0.1, 0.15) is 24.0 Å². The highest BCUT2D eigenvalue weighted by Crippen LogP contribution is 2.24. The molecule has 2 aliphatic heterocycles. The zero-order valence-electron chi connectivity index (χ0n) is 17.5. The monoisotopic (exact) mass is 407 g/mol. The molecule has 6 nitrogen and oxygen atoms in total. The van der Waals surface area contributed by atoms with Crippen molar-refractivity contribution >= 4 is 17.5 Å². The van der Waals surface area contributed by atoms with Crippen LogP contribution in [0.4, 0.5) is 5.69 Å². The van der Waals surface area contributed by atoms with E-state index in [0.29, 0.717) is 12.2 Å². The SMILES string of the molecule is Cc1cccc(CN2CCN(C(=O)COc3ccc(N4CCCC4=O)cc3)CC2)c1. The summed E-state index contributed by atoms with van der Waals surface area (Å²) in [5.74, 6) is 0.834. The van der Waals surface area contributed by atoms with Gasteiger partial charge in [-0.05, 0) is 43.2 Å². The summed E-state index contributed by atoms with van der Waals surface area (Å²) >= 11 is 0. The number of amides is 2. The lowest BCUT2D eigenvalue weighted by Gasteiger charge is -2.34. The van der Waals surface area contributed by atoms with Crippen LogP contribution in [0, 0.1) is 6.92 Å². The molecule has 2 aromatic carbocycles. The largest absolute Gasteiger partial charge is 0.484 e. The van der Waals surface area contributed by atoms with Gasteiger partial charge >= 0.3 is 0 Å². The zero-order chi connectivity index (χ0) is 20.9. The number of hydrogen-bond acceptors (Lipinski definition) is 4. The van der Waals surface area contributed by atoms with E-state index in [2.05, 4.69) is 36.1 Å². The van der Waals surface area contributed by atoms with Crippen molar-refractivity contribution in [2.45, 2.75) is 26.3 Å². The molecule has 30 heavy (non-hydrogen) atoms. The molecular formula is C24H29N3O3. The number of aryl methyl sites for hydroxylation is 1. The number of ether oxygens (including phenoxy) is 1. The van der Waals surface area contributed by atoms with E-state index in [9.17, 15) is 9.59 Å². The van der Waals surface area contributed by atoms with Gasteiger partial charge in [-0.3, -0.25) is 14.5 Å². The standard InChI is InChI=1S/C24H29N3O3/c1-19-4-2-5-20(16-19)17-25-12-14-26(15-13-25)24(29)18-30-22-9-7-21(8-10-22)27-11-3-6-23(27)28/h2,4-5,7-10,16H,3,6,11-15,17-18H2,1H3. The van der Waals surface area contributed by atoms with Crippen molar-refractivity contribution in [1.29, 1.82) is 0 Å². The Kier molecular flexibility index (Phi) is 6.33. The Bertz CT molecular complexity index is 889. The first kappa shape index (κ1) is 20.4. The van der Waals surface area contributed by atoms with Crippen LogP contribution in [-0.4, -0.2) is 60.9 Å². The molecular weight excluding hydrogens is 378 g/mol. The average Bonchev–Trinajstić information content (AvgIpc) is 3.19. The summed E-state index contributed by atoms with van der Waals surface area (Å²) < 4.78 is 5.69. The van der Waals surface area contributed by atoms with Crippen LogP contribution in [0.25, 0.3) is 0 Å². The zero-order valence-corrected chi connectivity index (χ0v) is 17.5. The van der Waals surface area contributed by atoms with Crippen molar-refractivity contribution in [2.24, 2.45) is 0 Å². The highest BCUT2D eigenvalue weighted by atomic mass is 16.5. The van der Waals surface area contributed by atoms with E-state index < -0.39 is 0 Å². The molecule has 2 amide bonds. The summed E-state index contributed by atoms with van der Waals surface area (Å²) in [4.78, 5) is 30.4. The highest BCUT2D eigenvalue weighted by molar-refractivity contribution is 5.95. The van der Waals surface area contributed by atoms with Gasteiger partial charge in [-0.1, -0.05) is 29.8 Å².